The van der Waals surface area contributed by atoms with E-state index in [-0.39, 0.29) is 0 Å². The summed E-state index contributed by atoms with van der Waals surface area (Å²) in [4.78, 5) is 2.62. The molecule has 1 N–H and O–H groups in total. The van der Waals surface area contributed by atoms with E-state index in [1.54, 1.807) is 0 Å². The highest BCUT2D eigenvalue weighted by molar-refractivity contribution is 4.83. The molecule has 0 radical (unpaired) electrons. The average molecular weight is 236 g/mol. The number of likely N-dealkylation sites (tertiary alicyclic amines) is 1. The van der Waals surface area contributed by atoms with Gasteiger partial charge in [-0.05, 0) is 70.7 Å². The maximum Gasteiger partial charge on any atom is 0.00981 e. The molecule has 1 heterocycles. The summed E-state index contributed by atoms with van der Waals surface area (Å²) < 4.78 is 0. The molecule has 0 spiro atoms. The molecular formula is C15H28N2. The lowest BCUT2D eigenvalue weighted by Gasteiger charge is -2.30. The Labute approximate surface area is 107 Å². The summed E-state index contributed by atoms with van der Waals surface area (Å²) in [5.74, 6) is 3.62. The Hall–Kier alpha value is -0.520. The van der Waals surface area contributed by atoms with E-state index in [1.165, 1.54) is 45.3 Å². The number of unbranched alkanes of at least 4 members (excludes halogenated alkanes) is 2. The first-order chi connectivity index (χ1) is 8.33. The molecule has 0 aromatic rings. The Morgan fingerprint density at radius 2 is 1.88 bits per heavy atom. The van der Waals surface area contributed by atoms with Gasteiger partial charge in [-0.25, -0.2) is 0 Å². The zero-order valence-corrected chi connectivity index (χ0v) is 11.4. The van der Waals surface area contributed by atoms with Gasteiger partial charge in [-0.2, -0.15) is 0 Å². The number of hydrogen-bond acceptors (Lipinski definition) is 2. The molecule has 98 valence electrons. The van der Waals surface area contributed by atoms with Crippen LogP contribution in [-0.4, -0.2) is 37.6 Å². The minimum atomic E-state index is 0.902. The van der Waals surface area contributed by atoms with Crippen molar-refractivity contribution in [3.05, 3.63) is 0 Å². The van der Waals surface area contributed by atoms with Crippen LogP contribution in [0.3, 0.4) is 0 Å². The molecule has 2 heteroatoms. The maximum absolute atomic E-state index is 5.20. The van der Waals surface area contributed by atoms with Gasteiger partial charge in [-0.15, -0.1) is 12.3 Å². The van der Waals surface area contributed by atoms with Gasteiger partial charge in [0.2, 0.25) is 0 Å². The Morgan fingerprint density at radius 3 is 2.59 bits per heavy atom. The third-order valence-corrected chi connectivity index (χ3v) is 3.63. The molecule has 17 heavy (non-hydrogen) atoms. The lowest BCUT2D eigenvalue weighted by molar-refractivity contribution is 0.189. The number of nitrogens with one attached hydrogen (secondary N) is 1. The van der Waals surface area contributed by atoms with Gasteiger partial charge in [0.05, 0.1) is 0 Å². The van der Waals surface area contributed by atoms with Crippen molar-refractivity contribution in [2.75, 3.05) is 32.7 Å². The summed E-state index contributed by atoms with van der Waals surface area (Å²) in [5.41, 5.74) is 0. The quantitative estimate of drug-likeness (QED) is 0.514. The summed E-state index contributed by atoms with van der Waals surface area (Å²) in [6.45, 7) is 8.52. The van der Waals surface area contributed by atoms with Crippen LogP contribution >= 0.6 is 0 Å². The second kappa shape index (κ2) is 9.50. The third-order valence-electron chi connectivity index (χ3n) is 3.63. The highest BCUT2D eigenvalue weighted by Gasteiger charge is 2.14. The minimum Gasteiger partial charge on any atom is -0.317 e. The van der Waals surface area contributed by atoms with Crippen LogP contribution in [0.25, 0.3) is 0 Å². The van der Waals surface area contributed by atoms with E-state index in [1.807, 2.05) is 0 Å². The van der Waals surface area contributed by atoms with Crippen molar-refractivity contribution >= 4 is 0 Å². The number of nitrogens with zero attached hydrogens (tertiary/aromatic N) is 1. The summed E-state index contributed by atoms with van der Waals surface area (Å²) >= 11 is 0. The number of terminal acetylenes is 1. The zero-order valence-electron chi connectivity index (χ0n) is 11.4. The lowest BCUT2D eigenvalue weighted by Crippen LogP contribution is -2.33. The van der Waals surface area contributed by atoms with Crippen molar-refractivity contribution in [1.29, 1.82) is 0 Å². The fraction of sp³-hybridized carbons (Fsp3) is 0.867. The Morgan fingerprint density at radius 1 is 1.18 bits per heavy atom. The van der Waals surface area contributed by atoms with Crippen LogP contribution in [0.1, 0.15) is 45.4 Å². The smallest absolute Gasteiger partial charge is 0.00981 e. The summed E-state index contributed by atoms with van der Waals surface area (Å²) in [7, 11) is 0. The largest absolute Gasteiger partial charge is 0.317 e. The van der Waals surface area contributed by atoms with Gasteiger partial charge in [0.15, 0.2) is 0 Å². The van der Waals surface area contributed by atoms with E-state index < -0.39 is 0 Å². The van der Waals surface area contributed by atoms with E-state index in [4.69, 9.17) is 6.42 Å². The van der Waals surface area contributed by atoms with E-state index in [0.29, 0.717) is 0 Å². The summed E-state index contributed by atoms with van der Waals surface area (Å²) in [6.07, 6.45) is 12.6. The number of hydrogen-bond donors (Lipinski definition) is 1. The van der Waals surface area contributed by atoms with E-state index in [9.17, 15) is 0 Å². The Kier molecular flexibility index (Phi) is 8.13. The molecule has 1 aliphatic heterocycles. The topological polar surface area (TPSA) is 15.3 Å². The predicted octanol–water partition coefficient (Wildman–Crippen LogP) is 2.50. The molecule has 2 nitrogen and oxygen atoms in total. The van der Waals surface area contributed by atoms with Crippen molar-refractivity contribution in [2.24, 2.45) is 5.92 Å². The van der Waals surface area contributed by atoms with E-state index >= 15 is 0 Å². The van der Waals surface area contributed by atoms with Gasteiger partial charge >= 0.3 is 0 Å². The van der Waals surface area contributed by atoms with Crippen molar-refractivity contribution in [3.8, 4) is 12.3 Å². The maximum atomic E-state index is 5.20. The van der Waals surface area contributed by atoms with Crippen LogP contribution in [0.15, 0.2) is 0 Å². The molecule has 0 saturated carbocycles. The summed E-state index contributed by atoms with van der Waals surface area (Å²) in [5, 5.41) is 3.45. The standard InChI is InChI=1S/C15H28N2/c1-3-4-5-10-16-11-6-7-12-17-13-8-15(2)9-14-17/h1,15-16H,4-14H2,2H3. The van der Waals surface area contributed by atoms with Gasteiger partial charge in [0.25, 0.3) is 0 Å². The van der Waals surface area contributed by atoms with Crippen molar-refractivity contribution in [1.82, 2.24) is 10.2 Å². The molecule has 0 bridgehead atoms. The van der Waals surface area contributed by atoms with E-state index in [0.717, 1.165) is 31.8 Å². The first-order valence-corrected chi connectivity index (χ1v) is 7.19. The number of piperidine rings is 1. The van der Waals surface area contributed by atoms with Gasteiger partial charge in [0, 0.05) is 6.42 Å². The second-order valence-electron chi connectivity index (χ2n) is 5.29. The normalized spacial score (nSPS) is 18.1. The van der Waals surface area contributed by atoms with Crippen molar-refractivity contribution in [3.63, 3.8) is 0 Å². The molecule has 1 fully saturated rings. The molecule has 1 aliphatic rings. The van der Waals surface area contributed by atoms with Crippen LogP contribution in [0.2, 0.25) is 0 Å². The first-order valence-electron chi connectivity index (χ1n) is 7.19. The Balaban J connectivity index is 1.83. The summed E-state index contributed by atoms with van der Waals surface area (Å²) in [6, 6.07) is 0. The van der Waals surface area contributed by atoms with Crippen LogP contribution < -0.4 is 5.32 Å². The van der Waals surface area contributed by atoms with Crippen LogP contribution in [0, 0.1) is 18.3 Å². The third kappa shape index (κ3) is 7.41. The van der Waals surface area contributed by atoms with Crippen molar-refractivity contribution in [2.45, 2.75) is 45.4 Å². The highest BCUT2D eigenvalue weighted by atomic mass is 15.1. The molecule has 0 aromatic heterocycles. The number of rotatable bonds is 8. The van der Waals surface area contributed by atoms with Crippen LogP contribution in [0.4, 0.5) is 0 Å². The molecule has 0 atom stereocenters. The molecule has 0 aliphatic carbocycles. The van der Waals surface area contributed by atoms with Crippen molar-refractivity contribution < 1.29 is 0 Å². The van der Waals surface area contributed by atoms with E-state index in [2.05, 4.69) is 23.1 Å². The van der Waals surface area contributed by atoms with Gasteiger partial charge in [-0.1, -0.05) is 6.92 Å². The molecule has 0 amide bonds. The molecule has 0 unspecified atom stereocenters. The first kappa shape index (κ1) is 14.5. The van der Waals surface area contributed by atoms with Crippen LogP contribution in [0.5, 0.6) is 0 Å². The minimum absolute atomic E-state index is 0.902. The molecular weight excluding hydrogens is 208 g/mol. The Bertz CT molecular complexity index is 211. The fourth-order valence-corrected chi connectivity index (χ4v) is 2.31. The fourth-order valence-electron chi connectivity index (χ4n) is 2.31. The van der Waals surface area contributed by atoms with Gasteiger partial charge in [-0.3, -0.25) is 0 Å². The predicted molar refractivity (Wildman–Crippen MR) is 75.0 cm³/mol. The SMILES string of the molecule is C#CCCCNCCCCN1CCC(C)CC1. The lowest BCUT2D eigenvalue weighted by atomic mass is 9.99. The molecule has 1 rings (SSSR count). The molecule has 1 saturated heterocycles. The highest BCUT2D eigenvalue weighted by Crippen LogP contribution is 2.15. The monoisotopic (exact) mass is 236 g/mol. The average Bonchev–Trinajstić information content (AvgIpc) is 2.35. The second-order valence-corrected chi connectivity index (χ2v) is 5.29. The van der Waals surface area contributed by atoms with Gasteiger partial charge < -0.3 is 10.2 Å². The molecule has 0 aromatic carbocycles. The van der Waals surface area contributed by atoms with Crippen LogP contribution in [-0.2, 0) is 0 Å². The van der Waals surface area contributed by atoms with Gasteiger partial charge in [0.1, 0.15) is 0 Å². The zero-order chi connectivity index (χ0) is 12.3.